The topological polar surface area (TPSA) is 58.6 Å². The maximum absolute atomic E-state index is 11.8. The van der Waals surface area contributed by atoms with E-state index in [1.165, 1.54) is 0 Å². The Kier molecular flexibility index (Phi) is 6.62. The molecule has 0 aliphatic rings. The summed E-state index contributed by atoms with van der Waals surface area (Å²) in [5.74, 6) is 0.524. The van der Waals surface area contributed by atoms with E-state index in [-0.39, 0.29) is 24.5 Å². The highest BCUT2D eigenvalue weighted by Crippen LogP contribution is 2.23. The predicted molar refractivity (Wildman–Crippen MR) is 88.9 cm³/mol. The average Bonchev–Trinajstić information content (AvgIpc) is 2.42. The number of benzene rings is 1. The summed E-state index contributed by atoms with van der Waals surface area (Å²) >= 11 is 0. The molecule has 0 radical (unpaired) electrons. The third kappa shape index (κ3) is 6.76. The molecule has 0 aliphatic carbocycles. The Hall–Kier alpha value is -1.81. The number of aryl methyl sites for hydroxylation is 1. The molecule has 1 aromatic rings. The molecule has 0 aliphatic heterocycles. The first-order chi connectivity index (χ1) is 10.2. The van der Waals surface area contributed by atoms with Gasteiger partial charge in [0.2, 0.25) is 5.91 Å². The summed E-state index contributed by atoms with van der Waals surface area (Å²) in [6, 6.07) is 7.63. The van der Waals surface area contributed by atoms with Gasteiger partial charge in [-0.2, -0.15) is 0 Å². The van der Waals surface area contributed by atoms with Gasteiger partial charge in [-0.15, -0.1) is 0 Å². The van der Waals surface area contributed by atoms with Gasteiger partial charge in [-0.05, 0) is 37.0 Å². The van der Waals surface area contributed by atoms with Crippen LogP contribution in [0.25, 0.3) is 0 Å². The molecular weight excluding hydrogens is 278 g/mol. The Bertz CT molecular complexity index is 529. The minimum Gasteiger partial charge on any atom is -0.491 e. The summed E-state index contributed by atoms with van der Waals surface area (Å²) in [5.41, 5.74) is 2.06. The monoisotopic (exact) mass is 305 g/mol. The quantitative estimate of drug-likeness (QED) is 0.795. The second-order valence-electron chi connectivity index (χ2n) is 6.60. The lowest BCUT2D eigenvalue weighted by molar-refractivity contribution is -0.117. The average molecular weight is 305 g/mol. The Balaban J connectivity index is 2.37. The molecule has 1 atom stereocenters. The van der Waals surface area contributed by atoms with Crippen molar-refractivity contribution in [1.29, 1.82) is 0 Å². The fourth-order valence-electron chi connectivity index (χ4n) is 1.64. The number of nitrogens with one attached hydrogen (secondary N) is 1. The summed E-state index contributed by atoms with van der Waals surface area (Å²) in [6.07, 6.45) is 0.835. The van der Waals surface area contributed by atoms with Crippen LogP contribution in [0.1, 0.15) is 33.3 Å². The molecule has 1 amide bonds. The molecule has 0 aromatic heterocycles. The largest absolute Gasteiger partial charge is 0.491 e. The van der Waals surface area contributed by atoms with E-state index in [2.05, 4.69) is 26.1 Å². The zero-order chi connectivity index (χ0) is 16.8. The second kappa shape index (κ2) is 7.99. The summed E-state index contributed by atoms with van der Waals surface area (Å²) < 4.78 is 5.50. The summed E-state index contributed by atoms with van der Waals surface area (Å²) in [6.45, 7) is 10.4. The molecule has 0 spiro atoms. The summed E-state index contributed by atoms with van der Waals surface area (Å²) in [7, 11) is 0. The molecule has 1 unspecified atom stereocenters. The zero-order valence-corrected chi connectivity index (χ0v) is 14.1. The van der Waals surface area contributed by atoms with E-state index in [9.17, 15) is 9.90 Å². The molecule has 0 saturated carbocycles. The Morgan fingerprint density at radius 1 is 1.41 bits per heavy atom. The smallest absolute Gasteiger partial charge is 0.244 e. The van der Waals surface area contributed by atoms with Crippen LogP contribution in [0.5, 0.6) is 5.75 Å². The lowest BCUT2D eigenvalue weighted by Crippen LogP contribution is -2.34. The highest BCUT2D eigenvalue weighted by molar-refractivity contribution is 5.88. The first-order valence-corrected chi connectivity index (χ1v) is 7.52. The van der Waals surface area contributed by atoms with E-state index in [0.29, 0.717) is 5.75 Å². The number of hydrogen-bond acceptors (Lipinski definition) is 3. The fourth-order valence-corrected chi connectivity index (χ4v) is 1.64. The molecule has 4 nitrogen and oxygen atoms in total. The molecule has 1 rings (SSSR count). The van der Waals surface area contributed by atoms with Gasteiger partial charge in [-0.3, -0.25) is 4.79 Å². The standard InChI is InChI=1S/C18H27NO3/c1-13-7-6-8-16(9-13)22-12-15(20)11-19-17(21)10-14(2)18(3,4)5/h6-10,15,20H,11-12H2,1-5H3,(H,19,21)/b14-10-. The van der Waals surface area contributed by atoms with Gasteiger partial charge in [0.1, 0.15) is 18.5 Å². The Labute approximate surface area is 133 Å². The number of carbonyl (C=O) groups is 1. The van der Waals surface area contributed by atoms with Crippen molar-refractivity contribution in [3.05, 3.63) is 41.5 Å². The number of aliphatic hydroxyl groups excluding tert-OH is 1. The second-order valence-corrected chi connectivity index (χ2v) is 6.60. The molecule has 0 saturated heterocycles. The Morgan fingerprint density at radius 3 is 2.68 bits per heavy atom. The highest BCUT2D eigenvalue weighted by atomic mass is 16.5. The number of hydrogen-bond donors (Lipinski definition) is 2. The first-order valence-electron chi connectivity index (χ1n) is 7.52. The minimum atomic E-state index is -0.743. The number of amides is 1. The molecule has 122 valence electrons. The third-order valence-electron chi connectivity index (χ3n) is 3.47. The van der Waals surface area contributed by atoms with Gasteiger partial charge < -0.3 is 15.2 Å². The normalized spacial score (nSPS) is 13.6. The van der Waals surface area contributed by atoms with Gasteiger partial charge in [0, 0.05) is 12.6 Å². The number of ether oxygens (including phenoxy) is 1. The van der Waals surface area contributed by atoms with Gasteiger partial charge in [0.05, 0.1) is 0 Å². The van der Waals surface area contributed by atoms with Crippen molar-refractivity contribution in [2.45, 2.75) is 40.7 Å². The lowest BCUT2D eigenvalue weighted by Gasteiger charge is -2.19. The summed E-state index contributed by atoms with van der Waals surface area (Å²) in [4.78, 5) is 11.8. The van der Waals surface area contributed by atoms with Crippen LogP contribution >= 0.6 is 0 Å². The molecule has 0 bridgehead atoms. The van der Waals surface area contributed by atoms with E-state index < -0.39 is 6.10 Å². The minimum absolute atomic E-state index is 0.0375. The van der Waals surface area contributed by atoms with E-state index >= 15 is 0 Å². The zero-order valence-electron chi connectivity index (χ0n) is 14.1. The van der Waals surface area contributed by atoms with E-state index in [4.69, 9.17) is 4.74 Å². The molecular formula is C18H27NO3. The number of rotatable bonds is 6. The molecule has 22 heavy (non-hydrogen) atoms. The molecule has 1 aromatic carbocycles. The molecule has 0 fully saturated rings. The van der Waals surface area contributed by atoms with Crippen molar-refractivity contribution in [2.75, 3.05) is 13.2 Å². The molecule has 4 heteroatoms. The van der Waals surface area contributed by atoms with Gasteiger partial charge in [-0.25, -0.2) is 0 Å². The first kappa shape index (κ1) is 18.2. The van der Waals surface area contributed by atoms with Crippen LogP contribution in [0.4, 0.5) is 0 Å². The van der Waals surface area contributed by atoms with Crippen molar-refractivity contribution in [3.63, 3.8) is 0 Å². The Morgan fingerprint density at radius 2 is 2.09 bits per heavy atom. The lowest BCUT2D eigenvalue weighted by atomic mass is 9.87. The van der Waals surface area contributed by atoms with Crippen LogP contribution in [0, 0.1) is 12.3 Å². The number of carbonyl (C=O) groups excluding carboxylic acids is 1. The van der Waals surface area contributed by atoms with Crippen molar-refractivity contribution < 1.29 is 14.6 Å². The SMILES string of the molecule is C/C(=C/C(=O)NCC(O)COc1cccc(C)c1)C(C)(C)C. The van der Waals surface area contributed by atoms with Crippen molar-refractivity contribution in [1.82, 2.24) is 5.32 Å². The molecule has 2 N–H and O–H groups in total. The van der Waals surface area contributed by atoms with Crippen molar-refractivity contribution in [3.8, 4) is 5.75 Å². The van der Waals surface area contributed by atoms with Crippen molar-refractivity contribution in [2.24, 2.45) is 5.41 Å². The number of allylic oxidation sites excluding steroid dienone is 1. The van der Waals surface area contributed by atoms with E-state index in [0.717, 1.165) is 11.1 Å². The van der Waals surface area contributed by atoms with Gasteiger partial charge >= 0.3 is 0 Å². The van der Waals surface area contributed by atoms with Crippen LogP contribution < -0.4 is 10.1 Å². The van der Waals surface area contributed by atoms with Crippen LogP contribution in [0.15, 0.2) is 35.9 Å². The van der Waals surface area contributed by atoms with Crippen molar-refractivity contribution >= 4 is 5.91 Å². The van der Waals surface area contributed by atoms with E-state index in [1.54, 1.807) is 6.08 Å². The highest BCUT2D eigenvalue weighted by Gasteiger charge is 2.14. The fraction of sp³-hybridized carbons (Fsp3) is 0.500. The van der Waals surface area contributed by atoms with Crippen LogP contribution in [0.3, 0.4) is 0 Å². The van der Waals surface area contributed by atoms with Gasteiger partial charge in [0.15, 0.2) is 0 Å². The summed E-state index contributed by atoms with van der Waals surface area (Å²) in [5, 5.41) is 12.6. The molecule has 0 heterocycles. The maximum Gasteiger partial charge on any atom is 0.244 e. The third-order valence-corrected chi connectivity index (χ3v) is 3.47. The maximum atomic E-state index is 11.8. The number of aliphatic hydroxyl groups is 1. The van der Waals surface area contributed by atoms with Crippen LogP contribution in [-0.2, 0) is 4.79 Å². The van der Waals surface area contributed by atoms with Crippen LogP contribution in [-0.4, -0.2) is 30.3 Å². The predicted octanol–water partition coefficient (Wildman–Crippen LogP) is 2.84. The van der Waals surface area contributed by atoms with E-state index in [1.807, 2.05) is 38.1 Å². The van der Waals surface area contributed by atoms with Gasteiger partial charge in [-0.1, -0.05) is 38.5 Å². The van der Waals surface area contributed by atoms with Gasteiger partial charge in [0.25, 0.3) is 0 Å². The van der Waals surface area contributed by atoms with Crippen LogP contribution in [0.2, 0.25) is 0 Å².